The van der Waals surface area contributed by atoms with Gasteiger partial charge in [-0.05, 0) is 30.9 Å². The summed E-state index contributed by atoms with van der Waals surface area (Å²) in [6.07, 6.45) is 3.50. The Kier molecular flexibility index (Phi) is 3.90. The van der Waals surface area contributed by atoms with Crippen molar-refractivity contribution in [1.82, 2.24) is 4.57 Å². The van der Waals surface area contributed by atoms with Crippen molar-refractivity contribution in [3.8, 4) is 0 Å². The van der Waals surface area contributed by atoms with Gasteiger partial charge in [-0.3, -0.25) is 0 Å². The predicted molar refractivity (Wildman–Crippen MR) is 74.7 cm³/mol. The van der Waals surface area contributed by atoms with Crippen LogP contribution >= 0.6 is 0 Å². The summed E-state index contributed by atoms with van der Waals surface area (Å²) >= 11 is 0. The number of aromatic carboxylic acids is 1. The smallest absolute Gasteiger partial charge is 0.338 e. The van der Waals surface area contributed by atoms with Crippen LogP contribution in [0.4, 0.5) is 0 Å². The van der Waals surface area contributed by atoms with Gasteiger partial charge in [-0.1, -0.05) is 19.1 Å². The average Bonchev–Trinajstić information content (AvgIpc) is 2.73. The van der Waals surface area contributed by atoms with E-state index in [0.717, 1.165) is 28.5 Å². The summed E-state index contributed by atoms with van der Waals surface area (Å²) in [4.78, 5) is 11.5. The second-order valence-corrected chi connectivity index (χ2v) is 4.74. The number of aliphatic hydroxyl groups is 1. The highest BCUT2D eigenvalue weighted by atomic mass is 16.4. The standard InChI is InChI=1S/C15H19NO3/c1-3-11-9-16(7-4-8-17)14-12(11)6-5-10(2)13(14)15(18)19/h5-6,9,17H,3-4,7-8H2,1-2H3,(H,18,19). The molecule has 0 spiro atoms. The molecule has 0 unspecified atom stereocenters. The first kappa shape index (κ1) is 13.6. The molecule has 0 aliphatic rings. The van der Waals surface area contributed by atoms with Gasteiger partial charge in [0.2, 0.25) is 0 Å². The maximum Gasteiger partial charge on any atom is 0.338 e. The van der Waals surface area contributed by atoms with Crippen molar-refractivity contribution < 1.29 is 15.0 Å². The van der Waals surface area contributed by atoms with Gasteiger partial charge in [-0.15, -0.1) is 0 Å². The Balaban J connectivity index is 2.73. The highest BCUT2D eigenvalue weighted by Crippen LogP contribution is 2.28. The number of carbonyl (C=O) groups is 1. The molecular weight excluding hydrogens is 242 g/mol. The lowest BCUT2D eigenvalue weighted by Crippen LogP contribution is -2.06. The molecule has 1 aromatic heterocycles. The number of carboxylic acid groups (broad SMARTS) is 1. The molecule has 0 fully saturated rings. The van der Waals surface area contributed by atoms with E-state index in [9.17, 15) is 9.90 Å². The van der Waals surface area contributed by atoms with Crippen LogP contribution in [0, 0.1) is 6.92 Å². The summed E-state index contributed by atoms with van der Waals surface area (Å²) in [5, 5.41) is 19.4. The van der Waals surface area contributed by atoms with Gasteiger partial charge < -0.3 is 14.8 Å². The number of aryl methyl sites for hydroxylation is 3. The molecule has 1 heterocycles. The molecule has 102 valence electrons. The largest absolute Gasteiger partial charge is 0.478 e. The van der Waals surface area contributed by atoms with Crippen LogP contribution in [0.15, 0.2) is 18.3 Å². The third-order valence-electron chi connectivity index (χ3n) is 3.48. The molecule has 0 aliphatic heterocycles. The lowest BCUT2D eigenvalue weighted by molar-refractivity contribution is 0.0698. The quantitative estimate of drug-likeness (QED) is 0.869. The van der Waals surface area contributed by atoms with Crippen molar-refractivity contribution in [2.75, 3.05) is 6.61 Å². The maximum absolute atomic E-state index is 11.5. The molecule has 19 heavy (non-hydrogen) atoms. The molecule has 0 saturated heterocycles. The molecule has 0 saturated carbocycles. The van der Waals surface area contributed by atoms with Crippen LogP contribution in [0.1, 0.15) is 34.8 Å². The Morgan fingerprint density at radius 1 is 1.37 bits per heavy atom. The third kappa shape index (κ3) is 2.36. The first-order chi connectivity index (χ1) is 9.10. The van der Waals surface area contributed by atoms with Gasteiger partial charge in [0.05, 0.1) is 11.1 Å². The van der Waals surface area contributed by atoms with Crippen molar-refractivity contribution in [2.45, 2.75) is 33.2 Å². The van der Waals surface area contributed by atoms with E-state index in [-0.39, 0.29) is 6.61 Å². The normalized spacial score (nSPS) is 11.1. The SMILES string of the molecule is CCc1cn(CCCO)c2c(C(=O)O)c(C)ccc12. The van der Waals surface area contributed by atoms with E-state index in [0.29, 0.717) is 18.5 Å². The Labute approximate surface area is 112 Å². The number of aromatic nitrogens is 1. The van der Waals surface area contributed by atoms with E-state index in [1.807, 2.05) is 29.8 Å². The Hall–Kier alpha value is -1.81. The molecule has 4 nitrogen and oxygen atoms in total. The molecule has 0 aliphatic carbocycles. The average molecular weight is 261 g/mol. The minimum Gasteiger partial charge on any atom is -0.478 e. The number of fused-ring (bicyclic) bond motifs is 1. The van der Waals surface area contributed by atoms with Gasteiger partial charge in [0.1, 0.15) is 0 Å². The number of hydrogen-bond acceptors (Lipinski definition) is 2. The second-order valence-electron chi connectivity index (χ2n) is 4.74. The van der Waals surface area contributed by atoms with Crippen molar-refractivity contribution in [3.05, 3.63) is 35.0 Å². The highest BCUT2D eigenvalue weighted by Gasteiger charge is 2.17. The van der Waals surface area contributed by atoms with Gasteiger partial charge in [-0.25, -0.2) is 4.79 Å². The number of nitrogens with zero attached hydrogens (tertiary/aromatic N) is 1. The fourth-order valence-corrected chi connectivity index (χ4v) is 2.54. The van der Waals surface area contributed by atoms with Crippen LogP contribution < -0.4 is 0 Å². The Morgan fingerprint density at radius 2 is 2.11 bits per heavy atom. The fourth-order valence-electron chi connectivity index (χ4n) is 2.54. The number of aliphatic hydroxyl groups excluding tert-OH is 1. The van der Waals surface area contributed by atoms with Crippen molar-refractivity contribution in [1.29, 1.82) is 0 Å². The Morgan fingerprint density at radius 3 is 2.68 bits per heavy atom. The van der Waals surface area contributed by atoms with Gasteiger partial charge >= 0.3 is 5.97 Å². The molecular formula is C15H19NO3. The van der Waals surface area contributed by atoms with Crippen LogP contribution in [-0.4, -0.2) is 27.4 Å². The van der Waals surface area contributed by atoms with Crippen molar-refractivity contribution in [2.24, 2.45) is 0 Å². The molecule has 2 rings (SSSR count). The number of carboxylic acids is 1. The lowest BCUT2D eigenvalue weighted by atomic mass is 10.0. The van der Waals surface area contributed by atoms with Gasteiger partial charge in [-0.2, -0.15) is 0 Å². The van der Waals surface area contributed by atoms with Crippen LogP contribution in [0.3, 0.4) is 0 Å². The van der Waals surface area contributed by atoms with E-state index in [1.165, 1.54) is 0 Å². The molecule has 4 heteroatoms. The third-order valence-corrected chi connectivity index (χ3v) is 3.48. The Bertz CT molecular complexity index is 613. The first-order valence-electron chi connectivity index (χ1n) is 6.55. The number of rotatable bonds is 5. The summed E-state index contributed by atoms with van der Waals surface area (Å²) < 4.78 is 1.96. The zero-order chi connectivity index (χ0) is 14.0. The maximum atomic E-state index is 11.5. The molecule has 2 aromatic rings. The summed E-state index contributed by atoms with van der Waals surface area (Å²) in [7, 11) is 0. The lowest BCUT2D eigenvalue weighted by Gasteiger charge is -2.08. The first-order valence-corrected chi connectivity index (χ1v) is 6.55. The fraction of sp³-hybridized carbons (Fsp3) is 0.400. The molecule has 2 N–H and O–H groups in total. The van der Waals surface area contributed by atoms with Gasteiger partial charge in [0.25, 0.3) is 0 Å². The van der Waals surface area contributed by atoms with Crippen LogP contribution in [0.25, 0.3) is 10.9 Å². The molecule has 0 radical (unpaired) electrons. The molecule has 0 amide bonds. The minimum absolute atomic E-state index is 0.107. The molecule has 0 bridgehead atoms. The summed E-state index contributed by atoms with van der Waals surface area (Å²) in [6.45, 7) is 4.62. The van der Waals surface area contributed by atoms with E-state index in [4.69, 9.17) is 5.11 Å². The zero-order valence-corrected chi connectivity index (χ0v) is 11.3. The number of benzene rings is 1. The van der Waals surface area contributed by atoms with Gasteiger partial charge in [0.15, 0.2) is 0 Å². The minimum atomic E-state index is -0.894. The predicted octanol–water partition coefficient (Wildman–Crippen LogP) is 2.59. The van der Waals surface area contributed by atoms with E-state index in [1.54, 1.807) is 0 Å². The highest BCUT2D eigenvalue weighted by molar-refractivity contribution is 6.04. The van der Waals surface area contributed by atoms with Gasteiger partial charge in [0, 0.05) is 24.7 Å². The number of hydrogen-bond donors (Lipinski definition) is 2. The monoisotopic (exact) mass is 261 g/mol. The van der Waals surface area contributed by atoms with Crippen LogP contribution in [0.2, 0.25) is 0 Å². The summed E-state index contributed by atoms with van der Waals surface area (Å²) in [5.74, 6) is -0.894. The van der Waals surface area contributed by atoms with Crippen molar-refractivity contribution >= 4 is 16.9 Å². The van der Waals surface area contributed by atoms with Crippen LogP contribution in [0.5, 0.6) is 0 Å². The molecule has 1 aromatic carbocycles. The summed E-state index contributed by atoms with van der Waals surface area (Å²) in [5.41, 5.74) is 3.06. The van der Waals surface area contributed by atoms with E-state index >= 15 is 0 Å². The van der Waals surface area contributed by atoms with E-state index in [2.05, 4.69) is 6.92 Å². The summed E-state index contributed by atoms with van der Waals surface area (Å²) in [6, 6.07) is 3.85. The van der Waals surface area contributed by atoms with E-state index < -0.39 is 5.97 Å². The van der Waals surface area contributed by atoms with Crippen LogP contribution in [-0.2, 0) is 13.0 Å². The topological polar surface area (TPSA) is 62.5 Å². The molecule has 0 atom stereocenters. The second kappa shape index (κ2) is 5.45. The van der Waals surface area contributed by atoms with Crippen molar-refractivity contribution in [3.63, 3.8) is 0 Å². The zero-order valence-electron chi connectivity index (χ0n) is 11.3.